The second-order valence-corrected chi connectivity index (χ2v) is 5.54. The predicted molar refractivity (Wildman–Crippen MR) is 96.3 cm³/mol. The monoisotopic (exact) mass is 356 g/mol. The van der Waals surface area contributed by atoms with Gasteiger partial charge in [-0.05, 0) is 31.2 Å². The van der Waals surface area contributed by atoms with Crippen LogP contribution >= 0.6 is 0 Å². The number of amides is 1. The average Bonchev–Trinajstić information content (AvgIpc) is 3.22. The second-order valence-electron chi connectivity index (χ2n) is 5.54. The number of carbonyl (C=O) groups excluding carboxylic acids is 1. The molecule has 0 saturated heterocycles. The van der Waals surface area contributed by atoms with E-state index in [1.54, 1.807) is 42.1 Å². The Labute approximate surface area is 150 Å². The van der Waals surface area contributed by atoms with Crippen LogP contribution in [-0.2, 0) is 7.05 Å². The van der Waals surface area contributed by atoms with Gasteiger partial charge in [-0.15, -0.1) is 0 Å². The van der Waals surface area contributed by atoms with Gasteiger partial charge in [-0.3, -0.25) is 10.00 Å². The molecule has 3 aromatic rings. The minimum Gasteiger partial charge on any atom is -0.492 e. The lowest BCUT2D eigenvalue weighted by Gasteiger charge is -2.13. The van der Waals surface area contributed by atoms with Gasteiger partial charge in [0.15, 0.2) is 5.75 Å². The number of anilines is 1. The van der Waals surface area contributed by atoms with E-state index in [1.165, 1.54) is 6.26 Å². The maximum absolute atomic E-state index is 12.1. The van der Waals surface area contributed by atoms with Crippen LogP contribution in [0.3, 0.4) is 0 Å². The van der Waals surface area contributed by atoms with Gasteiger partial charge in [-0.25, -0.2) is 4.79 Å². The van der Waals surface area contributed by atoms with Crippen molar-refractivity contribution in [1.29, 1.82) is 0 Å². The Morgan fingerprint density at radius 3 is 2.81 bits per heavy atom. The highest BCUT2D eigenvalue weighted by molar-refractivity contribution is 5.88. The number of ether oxygens (including phenoxy) is 2. The molecular weight excluding hydrogens is 336 g/mol. The molecule has 2 aromatic heterocycles. The van der Waals surface area contributed by atoms with Crippen molar-refractivity contribution in [2.45, 2.75) is 6.92 Å². The molecule has 136 valence electrons. The number of carbonyl (C=O) groups is 1. The summed E-state index contributed by atoms with van der Waals surface area (Å²) in [5.74, 6) is 1.56. The Morgan fingerprint density at radius 1 is 1.31 bits per heavy atom. The maximum Gasteiger partial charge on any atom is 0.417 e. The number of rotatable bonds is 6. The molecule has 0 saturated carbocycles. The van der Waals surface area contributed by atoms with E-state index < -0.39 is 6.09 Å². The summed E-state index contributed by atoms with van der Waals surface area (Å²) >= 11 is 0. The number of hydrogen-bond acceptors (Lipinski definition) is 6. The Morgan fingerprint density at radius 2 is 2.15 bits per heavy atom. The Kier molecular flexibility index (Phi) is 5.23. The third-order valence-corrected chi connectivity index (χ3v) is 3.71. The molecule has 0 unspecified atom stereocenters. The highest BCUT2D eigenvalue weighted by Gasteiger charge is 2.14. The topological polar surface area (TPSA) is 105 Å². The number of aromatic nitrogens is 2. The predicted octanol–water partition coefficient (Wildman–Crippen LogP) is 2.94. The van der Waals surface area contributed by atoms with Crippen LogP contribution in [0.1, 0.15) is 5.76 Å². The molecule has 0 aliphatic rings. The molecule has 0 atom stereocenters. The van der Waals surface area contributed by atoms with Gasteiger partial charge in [-0.1, -0.05) is 0 Å². The zero-order valence-electron chi connectivity index (χ0n) is 14.6. The van der Waals surface area contributed by atoms with Crippen LogP contribution in [0.4, 0.5) is 10.5 Å². The summed E-state index contributed by atoms with van der Waals surface area (Å²) < 4.78 is 17.8. The van der Waals surface area contributed by atoms with Crippen molar-refractivity contribution in [3.8, 4) is 22.8 Å². The van der Waals surface area contributed by atoms with Crippen LogP contribution in [0.15, 0.2) is 47.2 Å². The van der Waals surface area contributed by atoms with Crippen molar-refractivity contribution in [2.24, 2.45) is 12.8 Å². The lowest BCUT2D eigenvalue weighted by atomic mass is 10.1. The zero-order chi connectivity index (χ0) is 18.5. The Bertz CT molecular complexity index is 900. The smallest absolute Gasteiger partial charge is 0.417 e. The van der Waals surface area contributed by atoms with Crippen LogP contribution in [0.2, 0.25) is 0 Å². The fourth-order valence-corrected chi connectivity index (χ4v) is 2.46. The fraction of sp³-hybridized carbons (Fsp3) is 0.222. The molecule has 3 rings (SSSR count). The van der Waals surface area contributed by atoms with E-state index in [0.29, 0.717) is 36.1 Å². The van der Waals surface area contributed by atoms with E-state index >= 15 is 0 Å². The molecule has 3 N–H and O–H groups in total. The molecule has 0 aliphatic carbocycles. The van der Waals surface area contributed by atoms with Gasteiger partial charge >= 0.3 is 6.09 Å². The molecular formula is C18H20N4O4. The Hall–Kier alpha value is -3.26. The van der Waals surface area contributed by atoms with Gasteiger partial charge in [0, 0.05) is 37.1 Å². The number of nitrogens with zero attached hydrogens (tertiary/aromatic N) is 2. The Balaban J connectivity index is 1.83. The minimum atomic E-state index is -0.610. The number of furan rings is 1. The van der Waals surface area contributed by atoms with Crippen LogP contribution < -0.4 is 20.5 Å². The van der Waals surface area contributed by atoms with Crippen molar-refractivity contribution in [2.75, 3.05) is 18.5 Å². The molecule has 8 nitrogen and oxygen atoms in total. The van der Waals surface area contributed by atoms with E-state index in [0.717, 1.165) is 11.3 Å². The molecule has 1 amide bonds. The quantitative estimate of drug-likeness (QED) is 0.704. The summed E-state index contributed by atoms with van der Waals surface area (Å²) in [7, 11) is 1.83. The fourth-order valence-electron chi connectivity index (χ4n) is 2.46. The molecule has 0 aliphatic heterocycles. The van der Waals surface area contributed by atoms with Crippen molar-refractivity contribution in [3.63, 3.8) is 0 Å². The van der Waals surface area contributed by atoms with Gasteiger partial charge < -0.3 is 19.6 Å². The molecule has 0 radical (unpaired) electrons. The van der Waals surface area contributed by atoms with Gasteiger partial charge in [0.05, 0.1) is 12.0 Å². The standard InChI is InChI=1S/C18H20N4O4/c1-12-16(6-9-24-12)26-18(23)21-13-3-4-17(25-10-7-19)14(11-13)15-5-8-20-22(15)2/h3-6,8-9,11H,7,10,19H2,1-2H3,(H,21,23). The highest BCUT2D eigenvalue weighted by Crippen LogP contribution is 2.32. The number of benzene rings is 1. The lowest BCUT2D eigenvalue weighted by molar-refractivity contribution is 0.214. The maximum atomic E-state index is 12.1. The number of aryl methyl sites for hydroxylation is 2. The molecule has 26 heavy (non-hydrogen) atoms. The summed E-state index contributed by atoms with van der Waals surface area (Å²) in [6, 6.07) is 8.75. The molecule has 1 aromatic carbocycles. The minimum absolute atomic E-state index is 0.372. The summed E-state index contributed by atoms with van der Waals surface area (Å²) in [5.41, 5.74) is 7.72. The second kappa shape index (κ2) is 7.75. The summed E-state index contributed by atoms with van der Waals surface area (Å²) in [4.78, 5) is 12.1. The van der Waals surface area contributed by atoms with Crippen molar-refractivity contribution in [1.82, 2.24) is 9.78 Å². The SMILES string of the molecule is Cc1occc1OC(=O)Nc1ccc(OCCN)c(-c2ccnn2C)c1. The summed E-state index contributed by atoms with van der Waals surface area (Å²) in [6.45, 7) is 2.51. The van der Waals surface area contributed by atoms with Crippen LogP contribution in [-0.4, -0.2) is 29.0 Å². The first kappa shape index (κ1) is 17.6. The van der Waals surface area contributed by atoms with Gasteiger partial charge in [0.2, 0.25) is 0 Å². The van der Waals surface area contributed by atoms with E-state index in [9.17, 15) is 4.79 Å². The number of hydrogen-bond donors (Lipinski definition) is 2. The summed E-state index contributed by atoms with van der Waals surface area (Å²) in [6.07, 6.45) is 2.54. The summed E-state index contributed by atoms with van der Waals surface area (Å²) in [5, 5.41) is 6.88. The van der Waals surface area contributed by atoms with Gasteiger partial charge in [-0.2, -0.15) is 5.10 Å². The molecule has 0 fully saturated rings. The molecule has 8 heteroatoms. The van der Waals surface area contributed by atoms with Crippen molar-refractivity contribution >= 4 is 11.8 Å². The van der Waals surface area contributed by atoms with Crippen molar-refractivity contribution < 1.29 is 18.7 Å². The van der Waals surface area contributed by atoms with E-state index in [1.807, 2.05) is 13.1 Å². The first-order valence-electron chi connectivity index (χ1n) is 8.06. The van der Waals surface area contributed by atoms with Gasteiger partial charge in [0.25, 0.3) is 0 Å². The van der Waals surface area contributed by atoms with Gasteiger partial charge in [0.1, 0.15) is 18.1 Å². The van der Waals surface area contributed by atoms with Crippen LogP contribution in [0, 0.1) is 6.92 Å². The zero-order valence-corrected chi connectivity index (χ0v) is 14.6. The largest absolute Gasteiger partial charge is 0.492 e. The normalized spacial score (nSPS) is 10.6. The van der Waals surface area contributed by atoms with Crippen molar-refractivity contribution in [3.05, 3.63) is 48.6 Å². The number of nitrogens with one attached hydrogen (secondary N) is 1. The lowest BCUT2D eigenvalue weighted by Crippen LogP contribution is -2.17. The molecule has 0 bridgehead atoms. The third-order valence-electron chi connectivity index (χ3n) is 3.71. The van der Waals surface area contributed by atoms with E-state index in [-0.39, 0.29) is 0 Å². The first-order chi connectivity index (χ1) is 12.6. The van der Waals surface area contributed by atoms with Crippen LogP contribution in [0.25, 0.3) is 11.3 Å². The van der Waals surface area contributed by atoms with E-state index in [4.69, 9.17) is 19.6 Å². The molecule has 0 spiro atoms. The number of nitrogens with two attached hydrogens (primary N) is 1. The first-order valence-corrected chi connectivity index (χ1v) is 8.06. The average molecular weight is 356 g/mol. The highest BCUT2D eigenvalue weighted by atomic mass is 16.6. The molecule has 2 heterocycles. The van der Waals surface area contributed by atoms with E-state index in [2.05, 4.69) is 10.4 Å². The third kappa shape index (κ3) is 3.86. The van der Waals surface area contributed by atoms with Crippen LogP contribution in [0.5, 0.6) is 11.5 Å².